The van der Waals surface area contributed by atoms with Crippen LogP contribution >= 0.6 is 0 Å². The maximum Gasteiger partial charge on any atom is 0.225 e. The highest BCUT2D eigenvalue weighted by molar-refractivity contribution is 5.60. The Morgan fingerprint density at radius 1 is 1.43 bits per heavy atom. The molecule has 4 heteroatoms. The molecule has 0 saturated carbocycles. The quantitative estimate of drug-likeness (QED) is 0.680. The van der Waals surface area contributed by atoms with Gasteiger partial charge in [0.15, 0.2) is 0 Å². The van der Waals surface area contributed by atoms with E-state index in [1.165, 1.54) is 6.26 Å². The van der Waals surface area contributed by atoms with Gasteiger partial charge in [-0.15, -0.1) is 4.91 Å². The molecule has 0 N–H and O–H groups in total. The zero-order valence-electron chi connectivity index (χ0n) is 7.60. The molecule has 1 aromatic heterocycles. The zero-order chi connectivity index (χ0) is 9.97. The number of hydrogen-bond acceptors (Lipinski definition) is 4. The van der Waals surface area contributed by atoms with E-state index in [9.17, 15) is 4.91 Å². The minimum atomic E-state index is 0.445. The minimum absolute atomic E-state index is 0.445. The third kappa shape index (κ3) is 1.42. The molecule has 14 heavy (non-hydrogen) atoms. The molecule has 0 aliphatic rings. The molecule has 0 atom stereocenters. The monoisotopic (exact) mass is 188 g/mol. The van der Waals surface area contributed by atoms with Crippen molar-refractivity contribution >= 4 is 5.69 Å². The molecule has 2 aromatic rings. The van der Waals surface area contributed by atoms with Crippen LogP contribution in [0.1, 0.15) is 5.56 Å². The summed E-state index contributed by atoms with van der Waals surface area (Å²) in [5.41, 5.74) is 2.11. The van der Waals surface area contributed by atoms with Crippen LogP contribution in [0.25, 0.3) is 11.5 Å². The summed E-state index contributed by atoms with van der Waals surface area (Å²) in [5, 5.41) is 2.89. The SMILES string of the molecule is Cc1cc(-c2ncco2)ccc1N=O. The standard InChI is InChI=1S/C10H8N2O2/c1-7-6-8(2-3-9(7)12-13)10-11-4-5-14-10/h2-6H,1H3. The number of oxazole rings is 1. The number of nitrogens with zero attached hydrogens (tertiary/aromatic N) is 2. The summed E-state index contributed by atoms with van der Waals surface area (Å²) < 4.78 is 5.13. The second-order valence-corrected chi connectivity index (χ2v) is 2.93. The number of benzene rings is 1. The Morgan fingerprint density at radius 3 is 2.86 bits per heavy atom. The maximum absolute atomic E-state index is 10.3. The summed E-state index contributed by atoms with van der Waals surface area (Å²) in [5.74, 6) is 0.547. The second kappa shape index (κ2) is 3.41. The number of nitroso groups, excluding NO2 is 1. The van der Waals surface area contributed by atoms with E-state index in [2.05, 4.69) is 10.2 Å². The van der Waals surface area contributed by atoms with Gasteiger partial charge in [-0.1, -0.05) is 0 Å². The average molecular weight is 188 g/mol. The Hall–Kier alpha value is -1.97. The van der Waals surface area contributed by atoms with Gasteiger partial charge in [0, 0.05) is 5.56 Å². The van der Waals surface area contributed by atoms with E-state index in [1.807, 2.05) is 13.0 Å². The third-order valence-electron chi connectivity index (χ3n) is 1.97. The lowest BCUT2D eigenvalue weighted by atomic mass is 10.1. The number of rotatable bonds is 2. The molecule has 0 aliphatic carbocycles. The lowest BCUT2D eigenvalue weighted by Crippen LogP contribution is -1.79. The van der Waals surface area contributed by atoms with Crippen molar-refractivity contribution in [2.75, 3.05) is 0 Å². The first-order chi connectivity index (χ1) is 6.81. The molecule has 0 fully saturated rings. The van der Waals surface area contributed by atoms with Crippen molar-refractivity contribution in [1.82, 2.24) is 4.98 Å². The van der Waals surface area contributed by atoms with Gasteiger partial charge in [0.05, 0.1) is 6.20 Å². The number of aryl methyl sites for hydroxylation is 1. The van der Waals surface area contributed by atoms with Crippen molar-refractivity contribution in [2.45, 2.75) is 6.92 Å². The highest BCUT2D eigenvalue weighted by Crippen LogP contribution is 2.24. The Balaban J connectivity index is 2.48. The molecule has 0 amide bonds. The van der Waals surface area contributed by atoms with Gasteiger partial charge in [-0.05, 0) is 35.9 Å². The van der Waals surface area contributed by atoms with E-state index in [4.69, 9.17) is 4.42 Å². The molecule has 1 aromatic carbocycles. The summed E-state index contributed by atoms with van der Waals surface area (Å²) in [4.78, 5) is 14.3. The van der Waals surface area contributed by atoms with E-state index in [0.717, 1.165) is 11.1 Å². The molecule has 0 aliphatic heterocycles. The van der Waals surface area contributed by atoms with Gasteiger partial charge in [0.2, 0.25) is 5.89 Å². The fourth-order valence-electron chi connectivity index (χ4n) is 1.26. The van der Waals surface area contributed by atoms with Crippen LogP contribution in [-0.2, 0) is 0 Å². The summed E-state index contributed by atoms with van der Waals surface area (Å²) in [6.45, 7) is 1.82. The summed E-state index contributed by atoms with van der Waals surface area (Å²) >= 11 is 0. The van der Waals surface area contributed by atoms with Crippen LogP contribution in [0.4, 0.5) is 5.69 Å². The topological polar surface area (TPSA) is 55.5 Å². The van der Waals surface area contributed by atoms with Gasteiger partial charge < -0.3 is 4.42 Å². The maximum atomic E-state index is 10.3. The van der Waals surface area contributed by atoms with Gasteiger partial charge in [-0.25, -0.2) is 4.98 Å². The predicted molar refractivity (Wildman–Crippen MR) is 52.1 cm³/mol. The molecule has 0 unspecified atom stereocenters. The Kier molecular flexibility index (Phi) is 2.10. The van der Waals surface area contributed by atoms with Gasteiger partial charge in [-0.3, -0.25) is 0 Å². The zero-order valence-corrected chi connectivity index (χ0v) is 7.60. The van der Waals surface area contributed by atoms with Crippen LogP contribution in [0.2, 0.25) is 0 Å². The molecule has 1 heterocycles. The van der Waals surface area contributed by atoms with E-state index in [-0.39, 0.29) is 0 Å². The van der Waals surface area contributed by atoms with Gasteiger partial charge >= 0.3 is 0 Å². The number of aromatic nitrogens is 1. The van der Waals surface area contributed by atoms with Crippen molar-refractivity contribution in [1.29, 1.82) is 0 Å². The van der Waals surface area contributed by atoms with Crippen molar-refractivity contribution < 1.29 is 4.42 Å². The van der Waals surface area contributed by atoms with Gasteiger partial charge in [-0.2, -0.15) is 0 Å². The fourth-order valence-corrected chi connectivity index (χ4v) is 1.26. The normalized spacial score (nSPS) is 10.1. The first kappa shape index (κ1) is 8.62. The number of hydrogen-bond donors (Lipinski definition) is 0. The lowest BCUT2D eigenvalue weighted by molar-refractivity contribution is 0.574. The second-order valence-electron chi connectivity index (χ2n) is 2.93. The molecule has 4 nitrogen and oxygen atoms in total. The molecular formula is C10H8N2O2. The van der Waals surface area contributed by atoms with Crippen molar-refractivity contribution in [2.24, 2.45) is 5.18 Å². The summed E-state index contributed by atoms with van der Waals surface area (Å²) in [6.07, 6.45) is 3.09. The van der Waals surface area contributed by atoms with Crippen LogP contribution in [0.5, 0.6) is 0 Å². The van der Waals surface area contributed by atoms with Crippen LogP contribution in [0.15, 0.2) is 40.3 Å². The highest BCUT2D eigenvalue weighted by atomic mass is 16.3. The average Bonchev–Trinajstić information content (AvgIpc) is 2.70. The van der Waals surface area contributed by atoms with Crippen molar-refractivity contribution in [3.63, 3.8) is 0 Å². The molecule has 0 spiro atoms. The van der Waals surface area contributed by atoms with E-state index in [1.54, 1.807) is 18.3 Å². The summed E-state index contributed by atoms with van der Waals surface area (Å²) in [6, 6.07) is 5.24. The molecular weight excluding hydrogens is 180 g/mol. The smallest absolute Gasteiger partial charge is 0.225 e. The minimum Gasteiger partial charge on any atom is -0.445 e. The first-order valence-corrected chi connectivity index (χ1v) is 4.15. The molecule has 0 saturated heterocycles. The fraction of sp³-hybridized carbons (Fsp3) is 0.100. The van der Waals surface area contributed by atoms with E-state index in [0.29, 0.717) is 11.6 Å². The lowest BCUT2D eigenvalue weighted by Gasteiger charge is -1.99. The van der Waals surface area contributed by atoms with Crippen molar-refractivity contribution in [3.8, 4) is 11.5 Å². The third-order valence-corrected chi connectivity index (χ3v) is 1.97. The van der Waals surface area contributed by atoms with Crippen LogP contribution in [0.3, 0.4) is 0 Å². The summed E-state index contributed by atoms with van der Waals surface area (Å²) in [7, 11) is 0. The van der Waals surface area contributed by atoms with Crippen LogP contribution in [-0.4, -0.2) is 4.98 Å². The van der Waals surface area contributed by atoms with E-state index >= 15 is 0 Å². The molecule has 0 radical (unpaired) electrons. The van der Waals surface area contributed by atoms with E-state index < -0.39 is 0 Å². The van der Waals surface area contributed by atoms with Gasteiger partial charge in [0.1, 0.15) is 12.0 Å². The largest absolute Gasteiger partial charge is 0.445 e. The Morgan fingerprint density at radius 2 is 2.29 bits per heavy atom. The van der Waals surface area contributed by atoms with Crippen molar-refractivity contribution in [3.05, 3.63) is 41.1 Å². The first-order valence-electron chi connectivity index (χ1n) is 4.15. The Labute approximate surface area is 80.6 Å². The highest BCUT2D eigenvalue weighted by Gasteiger charge is 2.04. The van der Waals surface area contributed by atoms with Gasteiger partial charge in [0.25, 0.3) is 0 Å². The Bertz CT molecular complexity index is 449. The molecule has 70 valence electrons. The van der Waals surface area contributed by atoms with Crippen LogP contribution < -0.4 is 0 Å². The van der Waals surface area contributed by atoms with Crippen LogP contribution in [0, 0.1) is 11.8 Å². The molecule has 0 bridgehead atoms. The predicted octanol–water partition coefficient (Wildman–Crippen LogP) is 3.05. The molecule has 2 rings (SSSR count).